The Morgan fingerprint density at radius 2 is 1.78 bits per heavy atom. The zero-order valence-electron chi connectivity index (χ0n) is 20.4. The number of carbonyl (C=O) groups excluding carboxylic acids is 1. The van der Waals surface area contributed by atoms with Crippen LogP contribution >= 0.6 is 11.6 Å². The Kier molecular flexibility index (Phi) is 6.21. The van der Waals surface area contributed by atoms with Gasteiger partial charge in [-0.25, -0.2) is 14.8 Å². The van der Waals surface area contributed by atoms with Crippen molar-refractivity contribution in [2.75, 3.05) is 23.3 Å². The van der Waals surface area contributed by atoms with Crippen LogP contribution in [0.1, 0.15) is 63.5 Å². The van der Waals surface area contributed by atoms with E-state index in [2.05, 4.69) is 26.3 Å². The zero-order chi connectivity index (χ0) is 25.8. The number of nitrogens with one attached hydrogen (secondary N) is 1. The molecule has 3 fully saturated rings. The number of halogens is 4. The second-order valence-electron chi connectivity index (χ2n) is 10.7. The summed E-state index contributed by atoms with van der Waals surface area (Å²) in [4.78, 5) is 24.6. The summed E-state index contributed by atoms with van der Waals surface area (Å²) in [6.07, 6.45) is -0.174. The van der Waals surface area contributed by atoms with Crippen molar-refractivity contribution in [2.45, 2.75) is 76.2 Å². The van der Waals surface area contributed by atoms with Crippen LogP contribution < -0.4 is 10.2 Å². The predicted octanol–water partition coefficient (Wildman–Crippen LogP) is 6.36. The van der Waals surface area contributed by atoms with Crippen LogP contribution in [-0.4, -0.2) is 51.7 Å². The highest BCUT2D eigenvalue weighted by Gasteiger charge is 2.44. The molecule has 2 bridgehead atoms. The minimum Gasteiger partial charge on any atom is -0.444 e. The molecular formula is C25H29ClF3N5O2. The van der Waals surface area contributed by atoms with Crippen molar-refractivity contribution >= 4 is 35.0 Å². The largest absolute Gasteiger partial charge is 0.444 e. The van der Waals surface area contributed by atoms with Crippen molar-refractivity contribution < 1.29 is 22.7 Å². The minimum atomic E-state index is -4.61. The van der Waals surface area contributed by atoms with E-state index < -0.39 is 22.5 Å². The third kappa shape index (κ3) is 5.19. The molecule has 0 radical (unpaired) electrons. The number of ether oxygens (including phenoxy) is 1. The number of amides is 1. The highest BCUT2D eigenvalue weighted by atomic mass is 35.5. The predicted molar refractivity (Wildman–Crippen MR) is 131 cm³/mol. The number of hydrogen-bond acceptors (Lipinski definition) is 6. The summed E-state index contributed by atoms with van der Waals surface area (Å²) >= 11 is 5.77. The molecule has 1 aliphatic carbocycles. The normalized spacial score (nSPS) is 22.1. The molecule has 0 unspecified atom stereocenters. The van der Waals surface area contributed by atoms with E-state index in [9.17, 15) is 18.0 Å². The molecule has 3 heterocycles. The van der Waals surface area contributed by atoms with Crippen LogP contribution in [0.5, 0.6) is 0 Å². The molecule has 3 aliphatic rings. The molecule has 7 nitrogen and oxygen atoms in total. The van der Waals surface area contributed by atoms with Crippen LogP contribution in [0.4, 0.5) is 35.3 Å². The lowest BCUT2D eigenvalue weighted by Crippen LogP contribution is -2.56. The van der Waals surface area contributed by atoms with Crippen molar-refractivity contribution in [2.24, 2.45) is 0 Å². The van der Waals surface area contributed by atoms with E-state index in [1.165, 1.54) is 0 Å². The van der Waals surface area contributed by atoms with Gasteiger partial charge in [0.1, 0.15) is 16.3 Å². The van der Waals surface area contributed by atoms with Gasteiger partial charge in [0.15, 0.2) is 0 Å². The van der Waals surface area contributed by atoms with Crippen LogP contribution in [-0.2, 0) is 10.9 Å². The van der Waals surface area contributed by atoms with Gasteiger partial charge in [-0.1, -0.05) is 11.6 Å². The van der Waals surface area contributed by atoms with Crippen molar-refractivity contribution in [1.29, 1.82) is 0 Å². The average molecular weight is 524 g/mol. The first kappa shape index (κ1) is 24.9. The smallest absolute Gasteiger partial charge is 0.420 e. The molecule has 2 aliphatic heterocycles. The molecule has 1 saturated carbocycles. The van der Waals surface area contributed by atoms with Gasteiger partial charge >= 0.3 is 12.3 Å². The first-order valence-corrected chi connectivity index (χ1v) is 12.5. The highest BCUT2D eigenvalue weighted by Crippen LogP contribution is 2.46. The van der Waals surface area contributed by atoms with Crippen molar-refractivity contribution in [3.8, 4) is 0 Å². The van der Waals surface area contributed by atoms with Gasteiger partial charge in [-0.15, -0.1) is 0 Å². The second kappa shape index (κ2) is 8.97. The molecule has 5 rings (SSSR count). The van der Waals surface area contributed by atoms with Crippen molar-refractivity contribution in [3.05, 3.63) is 40.7 Å². The highest BCUT2D eigenvalue weighted by molar-refractivity contribution is 6.30. The Hall–Kier alpha value is -2.75. The van der Waals surface area contributed by atoms with Gasteiger partial charge < -0.3 is 15.0 Å². The SMILES string of the molecule is CC(C)(C)OC(=O)N1[C@@H]2CC[C@H]1CN(c1ccc(Nc3ncc(C(F)(F)F)c(Cl)n3)c(C3CC3)c1)C2. The Morgan fingerprint density at radius 1 is 1.11 bits per heavy atom. The quantitative estimate of drug-likeness (QED) is 0.470. The number of alkyl halides is 3. The molecular weight excluding hydrogens is 495 g/mol. The van der Waals surface area contributed by atoms with Gasteiger partial charge in [-0.2, -0.15) is 13.2 Å². The Bertz CT molecular complexity index is 1150. The Morgan fingerprint density at radius 3 is 2.33 bits per heavy atom. The number of aromatic nitrogens is 2. The van der Waals surface area contributed by atoms with Gasteiger partial charge in [-0.05, 0) is 76.1 Å². The van der Waals surface area contributed by atoms with E-state index in [4.69, 9.17) is 16.3 Å². The van der Waals surface area contributed by atoms with Gasteiger partial charge in [0.05, 0.1) is 12.1 Å². The number of hydrogen-bond donors (Lipinski definition) is 1. The molecule has 194 valence electrons. The van der Waals surface area contributed by atoms with Crippen molar-refractivity contribution in [1.82, 2.24) is 14.9 Å². The van der Waals surface area contributed by atoms with Gasteiger partial charge in [-0.3, -0.25) is 4.90 Å². The topological polar surface area (TPSA) is 70.6 Å². The standard InChI is InChI=1S/C25H29ClF3N5O2/c1-24(2,3)36-23(35)34-16-6-7-17(34)13-33(12-16)15-8-9-20(18(10-15)14-4-5-14)31-22-30-11-19(21(26)32-22)25(27,28)29/h8-11,14,16-17H,4-7,12-13H2,1-3H3,(H,30,31,32)/t16-,17+. The van der Waals surface area contributed by atoms with Crippen LogP contribution in [0.25, 0.3) is 0 Å². The number of fused-ring (bicyclic) bond motifs is 2. The monoisotopic (exact) mass is 523 g/mol. The Balaban J connectivity index is 1.33. The third-order valence-corrected chi connectivity index (χ3v) is 7.09. The fourth-order valence-electron chi connectivity index (χ4n) is 5.05. The van der Waals surface area contributed by atoms with E-state index in [1.807, 2.05) is 37.8 Å². The van der Waals surface area contributed by atoms with E-state index >= 15 is 0 Å². The third-order valence-electron chi connectivity index (χ3n) is 6.80. The fourth-order valence-corrected chi connectivity index (χ4v) is 5.29. The molecule has 11 heteroatoms. The molecule has 1 N–H and O–H groups in total. The molecule has 2 atom stereocenters. The van der Waals surface area contributed by atoms with E-state index in [0.29, 0.717) is 12.1 Å². The van der Waals surface area contributed by atoms with E-state index in [-0.39, 0.29) is 24.1 Å². The van der Waals surface area contributed by atoms with Gasteiger partial charge in [0, 0.05) is 30.7 Å². The maximum atomic E-state index is 13.0. The number of piperazine rings is 1. The molecule has 1 aromatic heterocycles. The molecule has 1 amide bonds. The van der Waals surface area contributed by atoms with Crippen LogP contribution in [0, 0.1) is 0 Å². The Labute approximate surface area is 213 Å². The van der Waals surface area contributed by atoms with Crippen LogP contribution in [0.15, 0.2) is 24.4 Å². The molecule has 1 aromatic carbocycles. The van der Waals surface area contributed by atoms with Crippen molar-refractivity contribution in [3.63, 3.8) is 0 Å². The summed E-state index contributed by atoms with van der Waals surface area (Å²) in [6.45, 7) is 7.08. The fraction of sp³-hybridized carbons (Fsp3) is 0.560. The number of rotatable bonds is 4. The number of anilines is 3. The lowest BCUT2D eigenvalue weighted by Gasteiger charge is -2.42. The lowest BCUT2D eigenvalue weighted by atomic mass is 10.1. The number of nitrogens with zero attached hydrogens (tertiary/aromatic N) is 4. The van der Waals surface area contributed by atoms with Crippen LogP contribution in [0.2, 0.25) is 5.15 Å². The number of benzene rings is 1. The second-order valence-corrected chi connectivity index (χ2v) is 11.1. The summed E-state index contributed by atoms with van der Waals surface area (Å²) in [5.74, 6) is 0.392. The summed E-state index contributed by atoms with van der Waals surface area (Å²) in [6, 6.07) is 6.24. The average Bonchev–Trinajstić information content (AvgIpc) is 3.57. The molecule has 36 heavy (non-hydrogen) atoms. The first-order chi connectivity index (χ1) is 16.9. The summed E-state index contributed by atoms with van der Waals surface area (Å²) < 4.78 is 44.6. The maximum Gasteiger partial charge on any atom is 0.420 e. The minimum absolute atomic E-state index is 0.0201. The van der Waals surface area contributed by atoms with E-state index in [0.717, 1.165) is 55.7 Å². The summed E-state index contributed by atoms with van der Waals surface area (Å²) in [7, 11) is 0. The van der Waals surface area contributed by atoms with Gasteiger partial charge in [0.2, 0.25) is 5.95 Å². The van der Waals surface area contributed by atoms with Gasteiger partial charge in [0.25, 0.3) is 0 Å². The summed E-state index contributed by atoms with van der Waals surface area (Å²) in [5.41, 5.74) is 1.31. The zero-order valence-corrected chi connectivity index (χ0v) is 21.2. The number of carbonyl (C=O) groups is 1. The first-order valence-electron chi connectivity index (χ1n) is 12.2. The maximum absolute atomic E-state index is 13.0. The molecule has 0 spiro atoms. The lowest BCUT2D eigenvalue weighted by molar-refractivity contribution is -0.137. The summed E-state index contributed by atoms with van der Waals surface area (Å²) in [5, 5.41) is 2.42. The molecule has 2 aromatic rings. The molecule has 2 saturated heterocycles. The van der Waals surface area contributed by atoms with E-state index in [1.54, 1.807) is 0 Å². The van der Waals surface area contributed by atoms with Crippen LogP contribution in [0.3, 0.4) is 0 Å².